The normalized spacial score (nSPS) is 18.4. The molecule has 20 heavy (non-hydrogen) atoms. The maximum atomic E-state index is 12.0. The number of fused-ring (bicyclic) bond motifs is 1. The molecular weight excluding hydrogens is 248 g/mol. The zero-order valence-corrected chi connectivity index (χ0v) is 12.3. The number of nitrogens with zero attached hydrogens (tertiary/aromatic N) is 2. The van der Waals surface area contributed by atoms with Gasteiger partial charge in [0.2, 0.25) is 0 Å². The van der Waals surface area contributed by atoms with E-state index in [0.717, 1.165) is 23.4 Å². The van der Waals surface area contributed by atoms with Gasteiger partial charge in [0.15, 0.2) is 5.78 Å². The average molecular weight is 268 g/mol. The van der Waals surface area contributed by atoms with E-state index in [1.807, 2.05) is 4.68 Å². The Morgan fingerprint density at radius 3 is 2.55 bits per heavy atom. The lowest BCUT2D eigenvalue weighted by atomic mass is 9.88. The molecule has 3 nitrogen and oxygen atoms in total. The van der Waals surface area contributed by atoms with Crippen molar-refractivity contribution in [2.24, 2.45) is 5.92 Å². The van der Waals surface area contributed by atoms with E-state index in [4.69, 9.17) is 0 Å². The molecule has 0 N–H and O–H groups in total. The third-order valence-electron chi connectivity index (χ3n) is 4.05. The van der Waals surface area contributed by atoms with Crippen molar-refractivity contribution in [2.45, 2.75) is 39.5 Å². The molecule has 1 aromatic carbocycles. The van der Waals surface area contributed by atoms with Gasteiger partial charge in [0, 0.05) is 6.42 Å². The third-order valence-corrected chi connectivity index (χ3v) is 4.05. The molecule has 0 aliphatic heterocycles. The second kappa shape index (κ2) is 4.89. The summed E-state index contributed by atoms with van der Waals surface area (Å²) in [6, 6.07) is 8.46. The van der Waals surface area contributed by atoms with Crippen LogP contribution in [-0.2, 0) is 6.42 Å². The van der Waals surface area contributed by atoms with Crippen molar-refractivity contribution in [3.63, 3.8) is 0 Å². The Labute approximate surface area is 119 Å². The maximum absolute atomic E-state index is 12.0. The number of benzene rings is 1. The number of carbonyl (C=O) groups is 1. The molecule has 3 heteroatoms. The highest BCUT2D eigenvalue weighted by molar-refractivity contribution is 5.98. The van der Waals surface area contributed by atoms with Gasteiger partial charge < -0.3 is 0 Å². The predicted octanol–water partition coefficient (Wildman–Crippen LogP) is 3.76. The van der Waals surface area contributed by atoms with Crippen molar-refractivity contribution in [1.29, 1.82) is 0 Å². The Balaban J connectivity index is 2.01. The van der Waals surface area contributed by atoms with Crippen LogP contribution < -0.4 is 0 Å². The van der Waals surface area contributed by atoms with E-state index in [9.17, 15) is 4.79 Å². The minimum Gasteiger partial charge on any atom is -0.294 e. The zero-order valence-electron chi connectivity index (χ0n) is 12.3. The number of Topliss-reactive ketones (excluding diaryl/α,β-unsaturated/α-hetero) is 1. The molecule has 0 spiro atoms. The summed E-state index contributed by atoms with van der Waals surface area (Å²) in [5, 5.41) is 4.42. The second-order valence-electron chi connectivity index (χ2n) is 6.10. The molecule has 0 amide bonds. The predicted molar refractivity (Wildman–Crippen MR) is 79.5 cm³/mol. The fraction of sp³-hybridized carbons (Fsp3) is 0.412. The van der Waals surface area contributed by atoms with Crippen LogP contribution in [0.15, 0.2) is 30.5 Å². The largest absolute Gasteiger partial charge is 0.294 e. The number of ketones is 1. The lowest BCUT2D eigenvalue weighted by Crippen LogP contribution is -2.19. The van der Waals surface area contributed by atoms with Crippen LogP contribution >= 0.6 is 0 Å². The lowest BCUT2D eigenvalue weighted by molar-refractivity contribution is 0.0952. The summed E-state index contributed by atoms with van der Waals surface area (Å²) < 4.78 is 1.92. The molecule has 104 valence electrons. The van der Waals surface area contributed by atoms with Gasteiger partial charge in [-0.3, -0.25) is 4.79 Å². The second-order valence-corrected chi connectivity index (χ2v) is 6.10. The van der Waals surface area contributed by atoms with Crippen molar-refractivity contribution in [1.82, 2.24) is 9.78 Å². The van der Waals surface area contributed by atoms with E-state index in [-0.39, 0.29) is 5.78 Å². The van der Waals surface area contributed by atoms with Crippen LogP contribution in [0.3, 0.4) is 0 Å². The Hall–Kier alpha value is -1.90. The van der Waals surface area contributed by atoms with Gasteiger partial charge in [0.05, 0.1) is 23.1 Å². The van der Waals surface area contributed by atoms with Crippen molar-refractivity contribution < 1.29 is 4.79 Å². The molecule has 1 aliphatic carbocycles. The third kappa shape index (κ3) is 2.17. The van der Waals surface area contributed by atoms with Gasteiger partial charge in [0.25, 0.3) is 0 Å². The Bertz CT molecular complexity index is 638. The van der Waals surface area contributed by atoms with Gasteiger partial charge in [-0.25, -0.2) is 4.68 Å². The average Bonchev–Trinajstić information content (AvgIpc) is 2.82. The van der Waals surface area contributed by atoms with Crippen LogP contribution in [0.2, 0.25) is 0 Å². The quantitative estimate of drug-likeness (QED) is 0.831. The van der Waals surface area contributed by atoms with Gasteiger partial charge in [0.1, 0.15) is 0 Å². The summed E-state index contributed by atoms with van der Waals surface area (Å²) in [5.74, 6) is 1.15. The van der Waals surface area contributed by atoms with Crippen LogP contribution in [-0.4, -0.2) is 15.6 Å². The molecule has 0 fully saturated rings. The van der Waals surface area contributed by atoms with Crippen molar-refractivity contribution in [3.05, 3.63) is 47.3 Å². The molecule has 0 radical (unpaired) electrons. The van der Waals surface area contributed by atoms with E-state index < -0.39 is 0 Å². The van der Waals surface area contributed by atoms with Crippen molar-refractivity contribution in [2.75, 3.05) is 0 Å². The minimum absolute atomic E-state index is 0.226. The number of aromatic nitrogens is 2. The first-order valence-corrected chi connectivity index (χ1v) is 7.26. The zero-order chi connectivity index (χ0) is 14.3. The molecule has 1 atom stereocenters. The Morgan fingerprint density at radius 2 is 1.90 bits per heavy atom. The summed E-state index contributed by atoms with van der Waals surface area (Å²) in [6.45, 7) is 6.50. The molecule has 0 saturated heterocycles. The molecule has 1 unspecified atom stereocenters. The highest BCUT2D eigenvalue weighted by Gasteiger charge is 2.26. The van der Waals surface area contributed by atoms with E-state index >= 15 is 0 Å². The highest BCUT2D eigenvalue weighted by Crippen LogP contribution is 2.27. The molecule has 1 aromatic heterocycles. The molecule has 0 bridgehead atoms. The summed E-state index contributed by atoms with van der Waals surface area (Å²) >= 11 is 0. The van der Waals surface area contributed by atoms with Crippen molar-refractivity contribution >= 4 is 5.78 Å². The first kappa shape index (κ1) is 13.1. The van der Waals surface area contributed by atoms with Crippen LogP contribution in [0.4, 0.5) is 0 Å². The summed E-state index contributed by atoms with van der Waals surface area (Å²) in [4.78, 5) is 12.0. The van der Waals surface area contributed by atoms with Crippen LogP contribution in [0, 0.1) is 5.92 Å². The monoisotopic (exact) mass is 268 g/mol. The van der Waals surface area contributed by atoms with E-state index in [0.29, 0.717) is 18.3 Å². The fourth-order valence-corrected chi connectivity index (χ4v) is 2.85. The molecule has 3 rings (SSSR count). The van der Waals surface area contributed by atoms with Crippen LogP contribution in [0.1, 0.15) is 54.7 Å². The van der Waals surface area contributed by atoms with Gasteiger partial charge in [-0.15, -0.1) is 0 Å². The Kier molecular flexibility index (Phi) is 3.20. The number of hydrogen-bond donors (Lipinski definition) is 0. The molecular formula is C17H20N2O. The highest BCUT2D eigenvalue weighted by atomic mass is 16.1. The number of hydrogen-bond acceptors (Lipinski definition) is 2. The molecule has 1 heterocycles. The topological polar surface area (TPSA) is 34.9 Å². The van der Waals surface area contributed by atoms with Gasteiger partial charge >= 0.3 is 0 Å². The standard InChI is InChI=1S/C17H20N2O/c1-11(2)13-4-6-14(7-5-13)19-16-8-12(3)9-17(20)15(16)10-18-19/h4-7,10-12H,8-9H2,1-3H3. The minimum atomic E-state index is 0.226. The fourth-order valence-electron chi connectivity index (χ4n) is 2.85. The summed E-state index contributed by atoms with van der Waals surface area (Å²) in [5.41, 5.74) is 4.22. The van der Waals surface area contributed by atoms with Crippen LogP contribution in [0.5, 0.6) is 0 Å². The smallest absolute Gasteiger partial charge is 0.166 e. The van der Waals surface area contributed by atoms with Gasteiger partial charge in [-0.1, -0.05) is 32.9 Å². The molecule has 0 saturated carbocycles. The van der Waals surface area contributed by atoms with E-state index in [1.54, 1.807) is 6.20 Å². The molecule has 2 aromatic rings. The van der Waals surface area contributed by atoms with E-state index in [1.165, 1.54) is 5.56 Å². The Morgan fingerprint density at radius 1 is 1.20 bits per heavy atom. The summed E-state index contributed by atoms with van der Waals surface area (Å²) in [7, 11) is 0. The molecule has 1 aliphatic rings. The van der Waals surface area contributed by atoms with E-state index in [2.05, 4.69) is 50.1 Å². The number of carbonyl (C=O) groups excluding carboxylic acids is 1. The first-order valence-electron chi connectivity index (χ1n) is 7.26. The van der Waals surface area contributed by atoms with Gasteiger partial charge in [-0.05, 0) is 36.0 Å². The SMILES string of the molecule is CC1CC(=O)c2cnn(-c3ccc(C(C)C)cc3)c2C1. The maximum Gasteiger partial charge on any atom is 0.166 e. The van der Waals surface area contributed by atoms with Crippen molar-refractivity contribution in [3.8, 4) is 5.69 Å². The lowest BCUT2D eigenvalue weighted by Gasteiger charge is -2.19. The number of rotatable bonds is 2. The van der Waals surface area contributed by atoms with Gasteiger partial charge in [-0.2, -0.15) is 5.10 Å². The first-order chi connectivity index (χ1) is 9.56. The van der Waals surface area contributed by atoms with Crippen LogP contribution in [0.25, 0.3) is 5.69 Å². The summed E-state index contributed by atoms with van der Waals surface area (Å²) in [6.07, 6.45) is 3.29.